The Kier molecular flexibility index (Phi) is 5.20. The highest BCUT2D eigenvalue weighted by molar-refractivity contribution is 6.29. The molecule has 2 heterocycles. The van der Waals surface area contributed by atoms with Gasteiger partial charge in [0.15, 0.2) is 0 Å². The van der Waals surface area contributed by atoms with E-state index in [0.717, 1.165) is 36.2 Å². The van der Waals surface area contributed by atoms with Gasteiger partial charge in [-0.25, -0.2) is 9.78 Å². The van der Waals surface area contributed by atoms with Crippen molar-refractivity contribution in [3.63, 3.8) is 0 Å². The van der Waals surface area contributed by atoms with Crippen LogP contribution in [-0.2, 0) is 0 Å². The van der Waals surface area contributed by atoms with E-state index in [9.17, 15) is 4.79 Å². The maximum absolute atomic E-state index is 11.0. The molecule has 1 saturated heterocycles. The molecule has 0 unspecified atom stereocenters. The lowest BCUT2D eigenvalue weighted by atomic mass is 9.96. The third-order valence-electron chi connectivity index (χ3n) is 4.42. The van der Waals surface area contributed by atoms with Crippen LogP contribution in [0.25, 0.3) is 11.1 Å². The van der Waals surface area contributed by atoms with Gasteiger partial charge in [-0.3, -0.25) is 0 Å². The van der Waals surface area contributed by atoms with E-state index in [1.165, 1.54) is 4.90 Å². The van der Waals surface area contributed by atoms with Gasteiger partial charge < -0.3 is 15.3 Å². The van der Waals surface area contributed by atoms with Crippen molar-refractivity contribution >= 4 is 23.4 Å². The SMILES string of the molecule is O=C(O)N1CCC(CNc2cc(Cl)ncc2-c2ccccc2)CC1. The number of nitrogens with one attached hydrogen (secondary N) is 1. The second kappa shape index (κ2) is 7.53. The Labute approximate surface area is 146 Å². The van der Waals surface area contributed by atoms with Gasteiger partial charge in [-0.1, -0.05) is 41.9 Å². The van der Waals surface area contributed by atoms with Crippen LogP contribution in [0.4, 0.5) is 10.5 Å². The number of nitrogens with zero attached hydrogens (tertiary/aromatic N) is 2. The summed E-state index contributed by atoms with van der Waals surface area (Å²) in [5.74, 6) is 0.455. The summed E-state index contributed by atoms with van der Waals surface area (Å²) in [4.78, 5) is 16.6. The molecule has 126 valence electrons. The van der Waals surface area contributed by atoms with E-state index >= 15 is 0 Å². The molecular weight excluding hydrogens is 326 g/mol. The van der Waals surface area contributed by atoms with Crippen LogP contribution in [0.15, 0.2) is 42.6 Å². The maximum atomic E-state index is 11.0. The first kappa shape index (κ1) is 16.6. The minimum Gasteiger partial charge on any atom is -0.465 e. The molecule has 3 rings (SSSR count). The zero-order chi connectivity index (χ0) is 16.9. The van der Waals surface area contributed by atoms with Crippen LogP contribution < -0.4 is 5.32 Å². The molecular formula is C18H20ClN3O2. The first-order chi connectivity index (χ1) is 11.6. The van der Waals surface area contributed by atoms with E-state index in [-0.39, 0.29) is 0 Å². The molecule has 1 aromatic carbocycles. The zero-order valence-corrected chi connectivity index (χ0v) is 14.0. The molecule has 1 aliphatic heterocycles. The summed E-state index contributed by atoms with van der Waals surface area (Å²) in [5.41, 5.74) is 3.06. The molecule has 2 aromatic rings. The Hall–Kier alpha value is -2.27. The number of amides is 1. The van der Waals surface area contributed by atoms with Crippen molar-refractivity contribution in [3.8, 4) is 11.1 Å². The summed E-state index contributed by atoms with van der Waals surface area (Å²) < 4.78 is 0. The fourth-order valence-electron chi connectivity index (χ4n) is 3.01. The number of carboxylic acid groups (broad SMARTS) is 1. The van der Waals surface area contributed by atoms with Gasteiger partial charge in [0.1, 0.15) is 5.15 Å². The predicted molar refractivity (Wildman–Crippen MR) is 95.5 cm³/mol. The van der Waals surface area contributed by atoms with Gasteiger partial charge in [0.05, 0.1) is 0 Å². The van der Waals surface area contributed by atoms with E-state index in [0.29, 0.717) is 24.2 Å². The van der Waals surface area contributed by atoms with Crippen molar-refractivity contribution < 1.29 is 9.90 Å². The Balaban J connectivity index is 1.67. The smallest absolute Gasteiger partial charge is 0.407 e. The van der Waals surface area contributed by atoms with Gasteiger partial charge >= 0.3 is 6.09 Å². The lowest BCUT2D eigenvalue weighted by Crippen LogP contribution is -2.39. The molecule has 5 nitrogen and oxygen atoms in total. The van der Waals surface area contributed by atoms with Crippen molar-refractivity contribution in [2.24, 2.45) is 5.92 Å². The fraction of sp³-hybridized carbons (Fsp3) is 0.333. The molecule has 0 aliphatic carbocycles. The van der Waals surface area contributed by atoms with Crippen LogP contribution in [0.1, 0.15) is 12.8 Å². The first-order valence-electron chi connectivity index (χ1n) is 8.06. The summed E-state index contributed by atoms with van der Waals surface area (Å²) in [6.45, 7) is 2.00. The lowest BCUT2D eigenvalue weighted by molar-refractivity contribution is 0.126. The highest BCUT2D eigenvalue weighted by Crippen LogP contribution is 2.29. The van der Waals surface area contributed by atoms with E-state index in [1.54, 1.807) is 6.20 Å². The molecule has 24 heavy (non-hydrogen) atoms. The number of pyridine rings is 1. The topological polar surface area (TPSA) is 65.5 Å². The largest absolute Gasteiger partial charge is 0.465 e. The molecule has 1 amide bonds. The molecule has 1 aliphatic rings. The highest BCUT2D eigenvalue weighted by Gasteiger charge is 2.22. The Morgan fingerprint density at radius 2 is 2.00 bits per heavy atom. The Morgan fingerprint density at radius 1 is 1.29 bits per heavy atom. The van der Waals surface area contributed by atoms with Crippen molar-refractivity contribution in [1.29, 1.82) is 0 Å². The number of aromatic nitrogens is 1. The lowest BCUT2D eigenvalue weighted by Gasteiger charge is -2.30. The number of anilines is 1. The van der Waals surface area contributed by atoms with Crippen LogP contribution in [0, 0.1) is 5.92 Å². The second-order valence-corrected chi connectivity index (χ2v) is 6.40. The van der Waals surface area contributed by atoms with Crippen LogP contribution >= 0.6 is 11.6 Å². The number of rotatable bonds is 4. The third-order valence-corrected chi connectivity index (χ3v) is 4.63. The van der Waals surface area contributed by atoms with Crippen LogP contribution in [0.5, 0.6) is 0 Å². The van der Waals surface area contributed by atoms with Gasteiger partial charge in [-0.2, -0.15) is 0 Å². The number of carbonyl (C=O) groups is 1. The molecule has 0 radical (unpaired) electrons. The average Bonchev–Trinajstić information content (AvgIpc) is 2.61. The van der Waals surface area contributed by atoms with Crippen molar-refractivity contribution in [3.05, 3.63) is 47.7 Å². The summed E-state index contributed by atoms with van der Waals surface area (Å²) in [7, 11) is 0. The standard InChI is InChI=1S/C18H20ClN3O2/c19-17-10-16(15(12-21-17)14-4-2-1-3-5-14)20-11-13-6-8-22(9-7-13)18(23)24/h1-5,10,12-13H,6-9,11H2,(H,20,21)(H,23,24). The summed E-state index contributed by atoms with van der Waals surface area (Å²) in [6, 6.07) is 11.9. The third kappa shape index (κ3) is 3.97. The molecule has 0 spiro atoms. The number of halogens is 1. The molecule has 0 atom stereocenters. The molecule has 1 fully saturated rings. The zero-order valence-electron chi connectivity index (χ0n) is 13.3. The van der Waals surface area contributed by atoms with E-state index in [4.69, 9.17) is 16.7 Å². The van der Waals surface area contributed by atoms with E-state index < -0.39 is 6.09 Å². The molecule has 1 aromatic heterocycles. The average molecular weight is 346 g/mol. The monoisotopic (exact) mass is 345 g/mol. The number of likely N-dealkylation sites (tertiary alicyclic amines) is 1. The molecule has 0 bridgehead atoms. The van der Waals surface area contributed by atoms with Crippen LogP contribution in [-0.4, -0.2) is 40.7 Å². The fourth-order valence-corrected chi connectivity index (χ4v) is 3.16. The van der Waals surface area contributed by atoms with Gasteiger partial charge in [-0.15, -0.1) is 0 Å². The quantitative estimate of drug-likeness (QED) is 0.815. The van der Waals surface area contributed by atoms with E-state index in [2.05, 4.69) is 10.3 Å². The van der Waals surface area contributed by atoms with Gasteiger partial charge in [0.25, 0.3) is 0 Å². The first-order valence-corrected chi connectivity index (χ1v) is 8.44. The minimum absolute atomic E-state index is 0.455. The maximum Gasteiger partial charge on any atom is 0.407 e. The van der Waals surface area contributed by atoms with Crippen LogP contribution in [0.2, 0.25) is 5.15 Å². The number of hydrogen-bond donors (Lipinski definition) is 2. The summed E-state index contributed by atoms with van der Waals surface area (Å²) in [6.07, 6.45) is 2.71. The molecule has 6 heteroatoms. The Bertz CT molecular complexity index is 701. The number of hydrogen-bond acceptors (Lipinski definition) is 3. The van der Waals surface area contributed by atoms with Gasteiger partial charge in [0, 0.05) is 37.1 Å². The molecule has 2 N–H and O–H groups in total. The van der Waals surface area contributed by atoms with Crippen molar-refractivity contribution in [1.82, 2.24) is 9.88 Å². The summed E-state index contributed by atoms with van der Waals surface area (Å²) >= 11 is 6.06. The molecule has 0 saturated carbocycles. The predicted octanol–water partition coefficient (Wildman–Crippen LogP) is 4.20. The van der Waals surface area contributed by atoms with Gasteiger partial charge in [-0.05, 0) is 30.4 Å². The van der Waals surface area contributed by atoms with Crippen LogP contribution in [0.3, 0.4) is 0 Å². The summed E-state index contributed by atoms with van der Waals surface area (Å²) in [5, 5.41) is 12.9. The number of benzene rings is 1. The second-order valence-electron chi connectivity index (χ2n) is 6.01. The minimum atomic E-state index is -0.825. The van der Waals surface area contributed by atoms with Gasteiger partial charge in [0.2, 0.25) is 0 Å². The van der Waals surface area contributed by atoms with Crippen molar-refractivity contribution in [2.75, 3.05) is 25.0 Å². The highest BCUT2D eigenvalue weighted by atomic mass is 35.5. The normalized spacial score (nSPS) is 15.3. The number of piperidine rings is 1. The van der Waals surface area contributed by atoms with Crippen molar-refractivity contribution in [2.45, 2.75) is 12.8 Å². The Morgan fingerprint density at radius 3 is 2.67 bits per heavy atom. The van der Waals surface area contributed by atoms with E-state index in [1.807, 2.05) is 36.4 Å².